The second-order valence-corrected chi connectivity index (χ2v) is 12.0. The molecule has 0 bridgehead atoms. The average Bonchev–Trinajstić information content (AvgIpc) is 3.65. The normalized spacial score (nSPS) is 11.7. The number of rotatable bonds is 4. The molecule has 0 aliphatic carbocycles. The number of nitrogens with zero attached hydrogens (tertiary/aromatic N) is 1. The van der Waals surface area contributed by atoms with E-state index in [0.29, 0.717) is 0 Å². The van der Waals surface area contributed by atoms with Crippen molar-refractivity contribution < 1.29 is 4.42 Å². The van der Waals surface area contributed by atoms with Crippen LogP contribution in [0.1, 0.15) is 0 Å². The Hall–Kier alpha value is -5.38. The fourth-order valence-electron chi connectivity index (χ4n) is 6.45. The van der Waals surface area contributed by atoms with Crippen LogP contribution in [0.25, 0.3) is 64.0 Å². The molecule has 2 heterocycles. The van der Waals surface area contributed by atoms with E-state index in [9.17, 15) is 0 Å². The predicted octanol–water partition coefficient (Wildman–Crippen LogP) is 12.2. The fourth-order valence-corrected chi connectivity index (χ4v) is 7.66. The van der Waals surface area contributed by atoms with Crippen molar-refractivity contribution in [3.05, 3.63) is 152 Å². The maximum absolute atomic E-state index is 6.19. The molecular formula is C40H25NOS. The van der Waals surface area contributed by atoms with Crippen molar-refractivity contribution in [2.75, 3.05) is 4.90 Å². The van der Waals surface area contributed by atoms with E-state index in [-0.39, 0.29) is 0 Å². The quantitative estimate of drug-likeness (QED) is 0.210. The highest BCUT2D eigenvalue weighted by Crippen LogP contribution is 2.46. The molecule has 0 aliphatic rings. The highest BCUT2D eigenvalue weighted by molar-refractivity contribution is 7.26. The monoisotopic (exact) mass is 567 g/mol. The molecule has 2 nitrogen and oxygen atoms in total. The molecule has 0 saturated heterocycles. The number of anilines is 3. The molecule has 0 unspecified atom stereocenters. The van der Waals surface area contributed by atoms with Gasteiger partial charge in [-0.15, -0.1) is 11.3 Å². The zero-order valence-corrected chi connectivity index (χ0v) is 24.0. The molecule has 0 atom stereocenters. The van der Waals surface area contributed by atoms with Crippen LogP contribution < -0.4 is 4.90 Å². The van der Waals surface area contributed by atoms with Crippen molar-refractivity contribution in [2.45, 2.75) is 0 Å². The van der Waals surface area contributed by atoms with Gasteiger partial charge in [0.2, 0.25) is 0 Å². The molecule has 9 aromatic rings. The molecule has 0 amide bonds. The van der Waals surface area contributed by atoms with Gasteiger partial charge < -0.3 is 9.32 Å². The molecule has 9 rings (SSSR count). The first-order chi connectivity index (χ1) is 21.3. The SMILES string of the molecule is c1ccc(-c2ccc(N(c3ccc4c(ccc5oc6ccccc6c54)c3)c3cccc4c3sc3ccccc34)cc2)cc1. The summed E-state index contributed by atoms with van der Waals surface area (Å²) < 4.78 is 8.78. The molecular weight excluding hydrogens is 543 g/mol. The molecule has 0 N–H and O–H groups in total. The summed E-state index contributed by atoms with van der Waals surface area (Å²) in [4.78, 5) is 2.41. The van der Waals surface area contributed by atoms with Gasteiger partial charge in [-0.2, -0.15) is 0 Å². The van der Waals surface area contributed by atoms with E-state index in [4.69, 9.17) is 4.42 Å². The van der Waals surface area contributed by atoms with Crippen LogP contribution in [0.3, 0.4) is 0 Å². The van der Waals surface area contributed by atoms with Crippen molar-refractivity contribution in [3.8, 4) is 11.1 Å². The molecule has 7 aromatic carbocycles. The molecule has 3 heteroatoms. The Morgan fingerprint density at radius 3 is 2.07 bits per heavy atom. The minimum Gasteiger partial charge on any atom is -0.456 e. The highest BCUT2D eigenvalue weighted by atomic mass is 32.1. The molecule has 2 aromatic heterocycles. The van der Waals surface area contributed by atoms with Gasteiger partial charge in [-0.1, -0.05) is 103 Å². The highest BCUT2D eigenvalue weighted by Gasteiger charge is 2.19. The number of hydrogen-bond donors (Lipinski definition) is 0. The average molecular weight is 568 g/mol. The summed E-state index contributed by atoms with van der Waals surface area (Å²) in [5.74, 6) is 0. The van der Waals surface area contributed by atoms with Gasteiger partial charge in [0.15, 0.2) is 0 Å². The van der Waals surface area contributed by atoms with Crippen molar-refractivity contribution in [1.82, 2.24) is 0 Å². The van der Waals surface area contributed by atoms with Crippen LogP contribution in [0, 0.1) is 0 Å². The Morgan fingerprint density at radius 1 is 0.465 bits per heavy atom. The summed E-state index contributed by atoms with van der Waals surface area (Å²) in [5, 5.41) is 7.30. The Morgan fingerprint density at radius 2 is 1.19 bits per heavy atom. The molecule has 0 radical (unpaired) electrons. The topological polar surface area (TPSA) is 16.4 Å². The van der Waals surface area contributed by atoms with E-state index in [1.54, 1.807) is 0 Å². The number of furan rings is 1. The van der Waals surface area contributed by atoms with Crippen molar-refractivity contribution >= 4 is 81.3 Å². The maximum atomic E-state index is 6.19. The van der Waals surface area contributed by atoms with Crippen molar-refractivity contribution in [2.24, 2.45) is 0 Å². The lowest BCUT2D eigenvalue weighted by molar-refractivity contribution is 0.669. The van der Waals surface area contributed by atoms with Gasteiger partial charge in [-0.3, -0.25) is 0 Å². The third-order valence-corrected chi connectivity index (χ3v) is 9.67. The van der Waals surface area contributed by atoms with Gasteiger partial charge in [0, 0.05) is 37.6 Å². The van der Waals surface area contributed by atoms with Crippen LogP contribution in [0.15, 0.2) is 156 Å². The molecule has 202 valence electrons. The zero-order valence-electron chi connectivity index (χ0n) is 23.2. The van der Waals surface area contributed by atoms with Crippen LogP contribution in [0.2, 0.25) is 0 Å². The Bertz CT molecular complexity index is 2450. The van der Waals surface area contributed by atoms with Crippen LogP contribution in [-0.2, 0) is 0 Å². The van der Waals surface area contributed by atoms with E-state index in [2.05, 4.69) is 144 Å². The minimum atomic E-state index is 0.921. The summed E-state index contributed by atoms with van der Waals surface area (Å²) in [6, 6.07) is 54.3. The first-order valence-corrected chi connectivity index (χ1v) is 15.3. The molecule has 0 aliphatic heterocycles. The van der Waals surface area contributed by atoms with Gasteiger partial charge in [0.1, 0.15) is 11.2 Å². The Labute approximate surface area is 252 Å². The van der Waals surface area contributed by atoms with E-state index in [1.165, 1.54) is 53.1 Å². The minimum absolute atomic E-state index is 0.921. The summed E-state index contributed by atoms with van der Waals surface area (Å²) in [7, 11) is 0. The van der Waals surface area contributed by atoms with Gasteiger partial charge in [0.05, 0.1) is 10.4 Å². The van der Waals surface area contributed by atoms with Gasteiger partial charge in [-0.25, -0.2) is 0 Å². The van der Waals surface area contributed by atoms with Crippen molar-refractivity contribution in [3.63, 3.8) is 0 Å². The number of benzene rings is 7. The number of para-hydroxylation sites is 1. The molecule has 0 fully saturated rings. The van der Waals surface area contributed by atoms with E-state index in [1.807, 2.05) is 23.5 Å². The zero-order chi connectivity index (χ0) is 28.3. The third kappa shape index (κ3) is 3.86. The lowest BCUT2D eigenvalue weighted by atomic mass is 10.0. The van der Waals surface area contributed by atoms with Gasteiger partial charge >= 0.3 is 0 Å². The van der Waals surface area contributed by atoms with Crippen molar-refractivity contribution in [1.29, 1.82) is 0 Å². The predicted molar refractivity (Wildman–Crippen MR) is 184 cm³/mol. The van der Waals surface area contributed by atoms with E-state index in [0.717, 1.165) is 27.9 Å². The summed E-state index contributed by atoms with van der Waals surface area (Å²) >= 11 is 1.86. The van der Waals surface area contributed by atoms with Gasteiger partial charge in [-0.05, 0) is 70.4 Å². The summed E-state index contributed by atoms with van der Waals surface area (Å²) in [6.07, 6.45) is 0. The summed E-state index contributed by atoms with van der Waals surface area (Å²) in [6.45, 7) is 0. The second-order valence-electron chi connectivity index (χ2n) is 10.9. The van der Waals surface area contributed by atoms with E-state index < -0.39 is 0 Å². The summed E-state index contributed by atoms with van der Waals surface area (Å²) in [5.41, 5.74) is 7.69. The second kappa shape index (κ2) is 9.59. The number of hydrogen-bond acceptors (Lipinski definition) is 3. The Balaban J connectivity index is 1.27. The van der Waals surface area contributed by atoms with Crippen LogP contribution in [0.5, 0.6) is 0 Å². The third-order valence-electron chi connectivity index (χ3n) is 8.46. The lowest BCUT2D eigenvalue weighted by Crippen LogP contribution is -2.10. The van der Waals surface area contributed by atoms with Gasteiger partial charge in [0.25, 0.3) is 0 Å². The smallest absolute Gasteiger partial charge is 0.136 e. The van der Waals surface area contributed by atoms with Crippen LogP contribution in [-0.4, -0.2) is 0 Å². The number of fused-ring (bicyclic) bond motifs is 8. The Kier molecular flexibility index (Phi) is 5.40. The standard InChI is InChI=1S/C40H25NOS/c1-2-9-26(10-3-1)27-17-20-29(21-18-27)41(35-14-8-13-33-32-11-5-7-16-38(32)43-40(33)35)30-22-23-31-28(25-30)19-24-37-39(31)34-12-4-6-15-36(34)42-37/h1-25H. The van der Waals surface area contributed by atoms with Crippen LogP contribution in [0.4, 0.5) is 17.1 Å². The molecule has 43 heavy (non-hydrogen) atoms. The van der Waals surface area contributed by atoms with E-state index >= 15 is 0 Å². The largest absolute Gasteiger partial charge is 0.456 e. The first-order valence-electron chi connectivity index (χ1n) is 14.5. The lowest BCUT2D eigenvalue weighted by Gasteiger charge is -2.26. The molecule has 0 spiro atoms. The number of thiophene rings is 1. The fraction of sp³-hybridized carbons (Fsp3) is 0. The first kappa shape index (κ1) is 24.2. The maximum Gasteiger partial charge on any atom is 0.136 e. The molecule has 0 saturated carbocycles. The van der Waals surface area contributed by atoms with Crippen LogP contribution >= 0.6 is 11.3 Å².